The number of nitriles is 1. The summed E-state index contributed by atoms with van der Waals surface area (Å²) >= 11 is 7.53. The van der Waals surface area contributed by atoms with Crippen LogP contribution in [0.5, 0.6) is 11.5 Å². The highest BCUT2D eigenvalue weighted by Gasteiger charge is 2.12. The van der Waals surface area contributed by atoms with Gasteiger partial charge in [-0.25, -0.2) is 0 Å². The highest BCUT2D eigenvalue weighted by Crippen LogP contribution is 2.35. The van der Waals surface area contributed by atoms with E-state index >= 15 is 0 Å². The number of hydrogen-bond acceptors (Lipinski definition) is 5. The van der Waals surface area contributed by atoms with Gasteiger partial charge >= 0.3 is 0 Å². The van der Waals surface area contributed by atoms with E-state index in [9.17, 15) is 4.79 Å². The fourth-order valence-corrected chi connectivity index (χ4v) is 3.10. The van der Waals surface area contributed by atoms with E-state index in [0.717, 1.165) is 5.56 Å². The third-order valence-corrected chi connectivity index (χ3v) is 4.63. The van der Waals surface area contributed by atoms with Gasteiger partial charge in [0.25, 0.3) is 0 Å². The summed E-state index contributed by atoms with van der Waals surface area (Å²) in [6.07, 6.45) is 0. The van der Waals surface area contributed by atoms with E-state index < -0.39 is 0 Å². The van der Waals surface area contributed by atoms with E-state index in [4.69, 9.17) is 26.3 Å². The van der Waals surface area contributed by atoms with Crippen LogP contribution in [-0.4, -0.2) is 25.9 Å². The van der Waals surface area contributed by atoms with Gasteiger partial charge in [0.05, 0.1) is 42.3 Å². The van der Waals surface area contributed by atoms with Crippen molar-refractivity contribution >= 4 is 35.0 Å². The van der Waals surface area contributed by atoms with Gasteiger partial charge in [-0.15, -0.1) is 11.8 Å². The number of nitrogens with zero attached hydrogens (tertiary/aromatic N) is 1. The average Bonchev–Trinajstić information content (AvgIpc) is 2.63. The van der Waals surface area contributed by atoms with E-state index in [1.807, 2.05) is 12.1 Å². The van der Waals surface area contributed by atoms with Crippen molar-refractivity contribution in [2.75, 3.05) is 25.3 Å². The Bertz CT molecular complexity index is 788. The molecule has 0 saturated carbocycles. The summed E-state index contributed by atoms with van der Waals surface area (Å²) in [6.45, 7) is 0. The summed E-state index contributed by atoms with van der Waals surface area (Å²) in [4.78, 5) is 12.2. The lowest BCUT2D eigenvalue weighted by atomic mass is 10.2. The van der Waals surface area contributed by atoms with Crippen molar-refractivity contribution in [3.63, 3.8) is 0 Å². The molecule has 0 radical (unpaired) electrons. The lowest BCUT2D eigenvalue weighted by Crippen LogP contribution is -2.15. The summed E-state index contributed by atoms with van der Waals surface area (Å²) < 4.78 is 10.4. The van der Waals surface area contributed by atoms with Gasteiger partial charge in [0, 0.05) is 17.9 Å². The summed E-state index contributed by atoms with van der Waals surface area (Å²) in [7, 11) is 3.01. The number of carbonyl (C=O) groups is 1. The SMILES string of the molecule is COc1cc(NC(=O)CSCc2ccc(C#N)cc2)c(OC)cc1Cl. The molecule has 0 spiro atoms. The number of nitrogens with one attached hydrogen (secondary N) is 1. The molecule has 0 saturated heterocycles. The first kappa shape index (κ1) is 19.0. The zero-order valence-corrected chi connectivity index (χ0v) is 15.4. The topological polar surface area (TPSA) is 71.3 Å². The minimum absolute atomic E-state index is 0.152. The Kier molecular flexibility index (Phi) is 6.99. The summed E-state index contributed by atoms with van der Waals surface area (Å²) in [5.74, 6) is 1.74. The van der Waals surface area contributed by atoms with Gasteiger partial charge in [0.1, 0.15) is 11.5 Å². The van der Waals surface area contributed by atoms with Gasteiger partial charge in [0.15, 0.2) is 0 Å². The first-order chi connectivity index (χ1) is 12.1. The van der Waals surface area contributed by atoms with E-state index in [-0.39, 0.29) is 11.7 Å². The number of thioether (sulfide) groups is 1. The second-order valence-corrected chi connectivity index (χ2v) is 6.43. The molecule has 0 atom stereocenters. The molecule has 130 valence electrons. The molecule has 1 N–H and O–H groups in total. The Balaban J connectivity index is 1.92. The molecule has 7 heteroatoms. The van der Waals surface area contributed by atoms with E-state index in [2.05, 4.69) is 11.4 Å². The van der Waals surface area contributed by atoms with Crippen LogP contribution in [0.25, 0.3) is 0 Å². The number of methoxy groups -OCH3 is 2. The third kappa shape index (κ3) is 5.31. The monoisotopic (exact) mass is 376 g/mol. The van der Waals surface area contributed by atoms with Crippen molar-refractivity contribution in [1.29, 1.82) is 5.26 Å². The Hall–Kier alpha value is -2.36. The van der Waals surface area contributed by atoms with Crippen molar-refractivity contribution in [1.82, 2.24) is 0 Å². The van der Waals surface area contributed by atoms with Crippen LogP contribution >= 0.6 is 23.4 Å². The second kappa shape index (κ2) is 9.21. The van der Waals surface area contributed by atoms with Crippen LogP contribution < -0.4 is 14.8 Å². The van der Waals surface area contributed by atoms with Crippen LogP contribution in [0, 0.1) is 11.3 Å². The molecule has 2 rings (SSSR count). The number of rotatable bonds is 7. The quantitative estimate of drug-likeness (QED) is 0.787. The third-order valence-electron chi connectivity index (χ3n) is 3.33. The molecule has 0 heterocycles. The second-order valence-electron chi connectivity index (χ2n) is 5.04. The minimum atomic E-state index is -0.152. The molecule has 0 aliphatic rings. The standard InChI is InChI=1S/C18H17ClN2O3S/c1-23-16-8-15(17(24-2)7-14(16)19)21-18(22)11-25-10-13-5-3-12(9-20)4-6-13/h3-8H,10-11H2,1-2H3,(H,21,22). The molecule has 0 bridgehead atoms. The van der Waals surface area contributed by atoms with Gasteiger partial charge in [0.2, 0.25) is 5.91 Å². The fourth-order valence-electron chi connectivity index (χ4n) is 2.08. The van der Waals surface area contributed by atoms with Crippen LogP contribution in [-0.2, 0) is 10.5 Å². The predicted molar refractivity (Wildman–Crippen MR) is 101 cm³/mol. The molecule has 2 aromatic rings. The van der Waals surface area contributed by atoms with Crippen LogP contribution in [0.1, 0.15) is 11.1 Å². The van der Waals surface area contributed by atoms with Crippen molar-refractivity contribution in [2.24, 2.45) is 0 Å². The molecular formula is C18H17ClN2O3S. The maximum absolute atomic E-state index is 12.2. The van der Waals surface area contributed by atoms with Crippen molar-refractivity contribution in [2.45, 2.75) is 5.75 Å². The molecule has 0 aliphatic heterocycles. The fraction of sp³-hybridized carbons (Fsp3) is 0.222. The largest absolute Gasteiger partial charge is 0.495 e. The first-order valence-corrected chi connectivity index (χ1v) is 8.88. The number of carbonyl (C=O) groups excluding carboxylic acids is 1. The number of anilines is 1. The molecule has 0 unspecified atom stereocenters. The summed E-state index contributed by atoms with van der Waals surface area (Å²) in [5, 5.41) is 12.0. The Morgan fingerprint density at radius 2 is 1.88 bits per heavy atom. The van der Waals surface area contributed by atoms with E-state index in [0.29, 0.717) is 33.5 Å². The minimum Gasteiger partial charge on any atom is -0.495 e. The van der Waals surface area contributed by atoms with Crippen molar-refractivity contribution < 1.29 is 14.3 Å². The lowest BCUT2D eigenvalue weighted by molar-refractivity contribution is -0.113. The molecule has 2 aromatic carbocycles. The zero-order chi connectivity index (χ0) is 18.2. The molecule has 0 fully saturated rings. The molecule has 1 amide bonds. The van der Waals surface area contributed by atoms with Crippen LogP contribution in [0.3, 0.4) is 0 Å². The van der Waals surface area contributed by atoms with Crippen molar-refractivity contribution in [3.8, 4) is 17.6 Å². The number of hydrogen-bond donors (Lipinski definition) is 1. The molecule has 25 heavy (non-hydrogen) atoms. The lowest BCUT2D eigenvalue weighted by Gasteiger charge is -2.13. The smallest absolute Gasteiger partial charge is 0.234 e. The van der Waals surface area contributed by atoms with Crippen LogP contribution in [0.4, 0.5) is 5.69 Å². The Labute approximate surface area is 155 Å². The van der Waals surface area contributed by atoms with Gasteiger partial charge in [-0.05, 0) is 17.7 Å². The Morgan fingerprint density at radius 3 is 2.48 bits per heavy atom. The maximum Gasteiger partial charge on any atom is 0.234 e. The van der Waals surface area contributed by atoms with Crippen LogP contribution in [0.15, 0.2) is 36.4 Å². The number of halogens is 1. The average molecular weight is 377 g/mol. The van der Waals surface area contributed by atoms with Gasteiger partial charge in [-0.3, -0.25) is 4.79 Å². The van der Waals surface area contributed by atoms with Crippen molar-refractivity contribution in [3.05, 3.63) is 52.5 Å². The first-order valence-electron chi connectivity index (χ1n) is 7.35. The Morgan fingerprint density at radius 1 is 1.20 bits per heavy atom. The predicted octanol–water partition coefficient (Wildman–Crippen LogP) is 4.10. The van der Waals surface area contributed by atoms with Crippen LogP contribution in [0.2, 0.25) is 5.02 Å². The number of amides is 1. The molecule has 0 aromatic heterocycles. The highest BCUT2D eigenvalue weighted by molar-refractivity contribution is 7.99. The summed E-state index contributed by atoms with van der Waals surface area (Å²) in [6, 6.07) is 12.6. The molecular weight excluding hydrogens is 360 g/mol. The van der Waals surface area contributed by atoms with Gasteiger partial charge < -0.3 is 14.8 Å². The van der Waals surface area contributed by atoms with Gasteiger partial charge in [-0.2, -0.15) is 5.26 Å². The number of benzene rings is 2. The maximum atomic E-state index is 12.2. The number of ether oxygens (including phenoxy) is 2. The molecule has 5 nitrogen and oxygen atoms in total. The highest BCUT2D eigenvalue weighted by atomic mass is 35.5. The normalized spacial score (nSPS) is 10.0. The summed E-state index contributed by atoms with van der Waals surface area (Å²) in [5.41, 5.74) is 2.19. The zero-order valence-electron chi connectivity index (χ0n) is 13.8. The van der Waals surface area contributed by atoms with E-state index in [1.165, 1.54) is 26.0 Å². The van der Waals surface area contributed by atoms with E-state index in [1.54, 1.807) is 24.3 Å². The molecule has 0 aliphatic carbocycles. The van der Waals surface area contributed by atoms with Gasteiger partial charge in [-0.1, -0.05) is 23.7 Å².